The summed E-state index contributed by atoms with van der Waals surface area (Å²) in [5.74, 6) is -5.52. The Morgan fingerprint density at radius 1 is 0.889 bits per heavy atom. The minimum absolute atomic E-state index is 0.116. The Bertz CT molecular complexity index is 1230. The van der Waals surface area contributed by atoms with Crippen LogP contribution < -0.4 is 5.73 Å². The van der Waals surface area contributed by atoms with Crippen molar-refractivity contribution in [1.29, 1.82) is 0 Å². The summed E-state index contributed by atoms with van der Waals surface area (Å²) in [6, 6.07) is 10.9. The lowest BCUT2D eigenvalue weighted by Crippen LogP contribution is -2.11. The average Bonchev–Trinajstić information content (AvgIpc) is 2.97. The number of amides is 1. The van der Waals surface area contributed by atoms with Gasteiger partial charge in [0.25, 0.3) is 0 Å². The fraction of sp³-hybridized carbons (Fsp3) is 0.0500. The van der Waals surface area contributed by atoms with Crippen LogP contribution in [0.2, 0.25) is 0 Å². The Balaban J connectivity index is 2.07. The highest BCUT2D eigenvalue weighted by Gasteiger charge is 2.21. The number of benzene rings is 3. The SMILES string of the molecule is NC(=O)c1cccc2c1c1cccc(F)c1n2Cc1ccc(F)c(F)c1F. The van der Waals surface area contributed by atoms with Crippen molar-refractivity contribution in [1.82, 2.24) is 4.57 Å². The van der Waals surface area contributed by atoms with E-state index in [0.29, 0.717) is 16.3 Å². The van der Waals surface area contributed by atoms with Crippen LogP contribution in [0.15, 0.2) is 48.5 Å². The van der Waals surface area contributed by atoms with E-state index in [2.05, 4.69) is 0 Å². The smallest absolute Gasteiger partial charge is 0.249 e. The molecule has 0 spiro atoms. The summed E-state index contributed by atoms with van der Waals surface area (Å²) in [4.78, 5) is 11.8. The van der Waals surface area contributed by atoms with Gasteiger partial charge < -0.3 is 10.3 Å². The van der Waals surface area contributed by atoms with Crippen molar-refractivity contribution in [3.63, 3.8) is 0 Å². The normalized spacial score (nSPS) is 11.4. The molecule has 0 aliphatic heterocycles. The summed E-state index contributed by atoms with van der Waals surface area (Å²) < 4.78 is 57.0. The van der Waals surface area contributed by atoms with Crippen LogP contribution in [-0.4, -0.2) is 10.5 Å². The number of halogens is 4. The van der Waals surface area contributed by atoms with Gasteiger partial charge in [-0.05, 0) is 24.3 Å². The largest absolute Gasteiger partial charge is 0.366 e. The zero-order valence-corrected chi connectivity index (χ0v) is 13.8. The highest BCUT2D eigenvalue weighted by Crippen LogP contribution is 2.34. The van der Waals surface area contributed by atoms with Crippen LogP contribution in [0.1, 0.15) is 15.9 Å². The summed E-state index contributed by atoms with van der Waals surface area (Å²) in [5.41, 5.74) is 6.02. The van der Waals surface area contributed by atoms with Gasteiger partial charge in [-0.2, -0.15) is 0 Å². The van der Waals surface area contributed by atoms with Crippen LogP contribution in [-0.2, 0) is 6.54 Å². The zero-order chi connectivity index (χ0) is 19.3. The third kappa shape index (κ3) is 2.54. The zero-order valence-electron chi connectivity index (χ0n) is 13.8. The third-order valence-corrected chi connectivity index (χ3v) is 4.57. The fourth-order valence-electron chi connectivity index (χ4n) is 3.39. The first-order valence-corrected chi connectivity index (χ1v) is 8.01. The van der Waals surface area contributed by atoms with Crippen LogP contribution >= 0.6 is 0 Å². The molecule has 27 heavy (non-hydrogen) atoms. The van der Waals surface area contributed by atoms with Crippen LogP contribution in [0, 0.1) is 23.3 Å². The summed E-state index contributed by atoms with van der Waals surface area (Å²) in [5, 5.41) is 0.838. The van der Waals surface area contributed by atoms with Gasteiger partial charge in [-0.25, -0.2) is 17.6 Å². The lowest BCUT2D eigenvalue weighted by molar-refractivity contribution is 0.100. The van der Waals surface area contributed by atoms with Gasteiger partial charge in [0.15, 0.2) is 17.5 Å². The molecule has 7 heteroatoms. The van der Waals surface area contributed by atoms with E-state index < -0.39 is 29.2 Å². The van der Waals surface area contributed by atoms with Crippen molar-refractivity contribution >= 4 is 27.7 Å². The summed E-state index contributed by atoms with van der Waals surface area (Å²) in [7, 11) is 0. The highest BCUT2D eigenvalue weighted by molar-refractivity contribution is 6.17. The molecule has 0 bridgehead atoms. The van der Waals surface area contributed by atoms with Gasteiger partial charge in [-0.3, -0.25) is 4.79 Å². The predicted molar refractivity (Wildman–Crippen MR) is 93.3 cm³/mol. The predicted octanol–water partition coefficient (Wildman–Crippen LogP) is 4.50. The summed E-state index contributed by atoms with van der Waals surface area (Å²) in [6.45, 7) is -0.258. The van der Waals surface area contributed by atoms with Gasteiger partial charge in [0.05, 0.1) is 17.6 Å². The van der Waals surface area contributed by atoms with E-state index in [9.17, 15) is 22.4 Å². The van der Waals surface area contributed by atoms with Gasteiger partial charge in [-0.15, -0.1) is 0 Å². The van der Waals surface area contributed by atoms with Crippen molar-refractivity contribution in [2.45, 2.75) is 6.54 Å². The Labute approximate surface area is 150 Å². The average molecular weight is 372 g/mol. The molecule has 136 valence electrons. The van der Waals surface area contributed by atoms with E-state index in [1.54, 1.807) is 18.2 Å². The van der Waals surface area contributed by atoms with Crippen molar-refractivity contribution in [2.75, 3.05) is 0 Å². The monoisotopic (exact) mass is 372 g/mol. The summed E-state index contributed by atoms with van der Waals surface area (Å²) in [6.07, 6.45) is 0. The number of carbonyl (C=O) groups excluding carboxylic acids is 1. The first-order valence-electron chi connectivity index (χ1n) is 8.01. The minimum Gasteiger partial charge on any atom is -0.366 e. The Morgan fingerprint density at radius 3 is 2.37 bits per heavy atom. The fourth-order valence-corrected chi connectivity index (χ4v) is 3.39. The Morgan fingerprint density at radius 2 is 1.63 bits per heavy atom. The molecule has 0 unspecified atom stereocenters. The molecule has 1 aromatic heterocycles. The van der Waals surface area contributed by atoms with Gasteiger partial charge in [0, 0.05) is 21.9 Å². The van der Waals surface area contributed by atoms with E-state index >= 15 is 0 Å². The number of primary amides is 1. The summed E-state index contributed by atoms with van der Waals surface area (Å²) >= 11 is 0. The van der Waals surface area contributed by atoms with Crippen molar-refractivity contribution in [3.8, 4) is 0 Å². The molecule has 0 aliphatic carbocycles. The molecular weight excluding hydrogens is 360 g/mol. The van der Waals surface area contributed by atoms with Gasteiger partial charge in [-0.1, -0.05) is 24.3 Å². The number of rotatable bonds is 3. The number of nitrogens with two attached hydrogens (primary N) is 1. The molecule has 2 N–H and O–H groups in total. The maximum Gasteiger partial charge on any atom is 0.249 e. The lowest BCUT2D eigenvalue weighted by Gasteiger charge is -2.10. The second kappa shape index (κ2) is 6.12. The molecule has 0 radical (unpaired) electrons. The molecule has 3 nitrogen and oxygen atoms in total. The number of aromatic nitrogens is 1. The van der Waals surface area contributed by atoms with Gasteiger partial charge >= 0.3 is 0 Å². The van der Waals surface area contributed by atoms with E-state index in [1.807, 2.05) is 0 Å². The Hall–Kier alpha value is -3.35. The molecular formula is C20H12F4N2O. The van der Waals surface area contributed by atoms with E-state index in [1.165, 1.54) is 22.8 Å². The number of hydrogen-bond donors (Lipinski definition) is 1. The Kier molecular flexibility index (Phi) is 3.87. The molecule has 0 atom stereocenters. The quantitative estimate of drug-likeness (QED) is 0.418. The van der Waals surface area contributed by atoms with E-state index in [4.69, 9.17) is 5.73 Å². The molecule has 0 aliphatic rings. The molecule has 4 aromatic rings. The van der Waals surface area contributed by atoms with E-state index in [-0.39, 0.29) is 23.2 Å². The number of carbonyl (C=O) groups is 1. The first-order chi connectivity index (χ1) is 12.9. The molecule has 4 rings (SSSR count). The minimum atomic E-state index is -1.59. The van der Waals surface area contributed by atoms with Crippen LogP contribution in [0.5, 0.6) is 0 Å². The second-order valence-electron chi connectivity index (χ2n) is 6.12. The topological polar surface area (TPSA) is 48.0 Å². The molecule has 0 saturated carbocycles. The van der Waals surface area contributed by atoms with Crippen molar-refractivity contribution < 1.29 is 22.4 Å². The highest BCUT2D eigenvalue weighted by atomic mass is 19.2. The number of fused-ring (bicyclic) bond motifs is 3. The second-order valence-corrected chi connectivity index (χ2v) is 6.12. The molecule has 1 amide bonds. The maximum absolute atomic E-state index is 14.6. The van der Waals surface area contributed by atoms with Crippen LogP contribution in [0.3, 0.4) is 0 Å². The number of nitrogens with zero attached hydrogens (tertiary/aromatic N) is 1. The van der Waals surface area contributed by atoms with E-state index in [0.717, 1.165) is 12.1 Å². The van der Waals surface area contributed by atoms with Crippen molar-refractivity contribution in [2.24, 2.45) is 5.73 Å². The number of para-hydroxylation sites is 1. The van der Waals surface area contributed by atoms with Crippen LogP contribution in [0.4, 0.5) is 17.6 Å². The van der Waals surface area contributed by atoms with Crippen LogP contribution in [0.25, 0.3) is 21.8 Å². The van der Waals surface area contributed by atoms with Gasteiger partial charge in [0.2, 0.25) is 5.91 Å². The lowest BCUT2D eigenvalue weighted by atomic mass is 10.1. The maximum atomic E-state index is 14.6. The first kappa shape index (κ1) is 17.1. The number of hydrogen-bond acceptors (Lipinski definition) is 1. The third-order valence-electron chi connectivity index (χ3n) is 4.57. The molecule has 1 heterocycles. The molecule has 0 fully saturated rings. The molecule has 3 aromatic carbocycles. The standard InChI is InChI=1S/C20H12F4N2O/c21-13-8-7-10(17(23)18(13)24)9-26-15-6-2-4-12(20(25)27)16(15)11-3-1-5-14(22)19(11)26/h1-8H,9H2,(H2,25,27). The molecule has 0 saturated heterocycles. The van der Waals surface area contributed by atoms with Crippen molar-refractivity contribution in [3.05, 3.63) is 82.9 Å². The van der Waals surface area contributed by atoms with Gasteiger partial charge in [0.1, 0.15) is 5.82 Å².